The predicted molar refractivity (Wildman–Crippen MR) is 75.1 cm³/mol. The molecule has 1 amide bonds. The van der Waals surface area contributed by atoms with Crippen molar-refractivity contribution < 1.29 is 4.79 Å². The van der Waals surface area contributed by atoms with Crippen LogP contribution in [0, 0.1) is 5.41 Å². The first kappa shape index (κ1) is 13.0. The van der Waals surface area contributed by atoms with E-state index >= 15 is 0 Å². The van der Waals surface area contributed by atoms with Crippen LogP contribution in [0.5, 0.6) is 0 Å². The standard InChI is InChI=1S/C13H19NOS2/c1-13(2)4-3-6-14(7-5-13)12(15)11-8-10(16)9-17-11/h8-9,16H,3-7H2,1-2H3. The molecule has 94 valence electrons. The number of nitrogens with zero attached hydrogens (tertiary/aromatic N) is 1. The van der Waals surface area contributed by atoms with Crippen LogP contribution in [0.4, 0.5) is 0 Å². The summed E-state index contributed by atoms with van der Waals surface area (Å²) in [7, 11) is 0. The van der Waals surface area contributed by atoms with Crippen LogP contribution in [0.2, 0.25) is 0 Å². The number of likely N-dealkylation sites (tertiary alicyclic amines) is 1. The lowest BCUT2D eigenvalue weighted by molar-refractivity contribution is 0.0762. The molecule has 0 atom stereocenters. The van der Waals surface area contributed by atoms with Crippen LogP contribution in [0.1, 0.15) is 42.8 Å². The third-order valence-corrected chi connectivity index (χ3v) is 4.77. The molecule has 4 heteroatoms. The van der Waals surface area contributed by atoms with Gasteiger partial charge in [0.05, 0.1) is 4.88 Å². The zero-order chi connectivity index (χ0) is 12.5. The number of hydrogen-bond donors (Lipinski definition) is 1. The van der Waals surface area contributed by atoms with Gasteiger partial charge in [-0.2, -0.15) is 0 Å². The summed E-state index contributed by atoms with van der Waals surface area (Å²) in [5.74, 6) is 0.174. The molecule has 2 nitrogen and oxygen atoms in total. The average Bonchev–Trinajstić information content (AvgIpc) is 2.60. The Morgan fingerprint density at radius 2 is 2.18 bits per heavy atom. The van der Waals surface area contributed by atoms with Gasteiger partial charge < -0.3 is 4.90 Å². The molecule has 0 N–H and O–H groups in total. The summed E-state index contributed by atoms with van der Waals surface area (Å²) in [5, 5.41) is 1.91. The van der Waals surface area contributed by atoms with Gasteiger partial charge in [0, 0.05) is 23.4 Å². The molecule has 2 heterocycles. The summed E-state index contributed by atoms with van der Waals surface area (Å²) < 4.78 is 0. The first-order valence-corrected chi connectivity index (χ1v) is 7.37. The van der Waals surface area contributed by atoms with Crippen molar-refractivity contribution in [3.8, 4) is 0 Å². The van der Waals surface area contributed by atoms with E-state index in [0.29, 0.717) is 5.41 Å². The molecular formula is C13H19NOS2. The lowest BCUT2D eigenvalue weighted by Gasteiger charge is -2.23. The van der Waals surface area contributed by atoms with E-state index in [2.05, 4.69) is 26.5 Å². The molecular weight excluding hydrogens is 250 g/mol. The van der Waals surface area contributed by atoms with E-state index < -0.39 is 0 Å². The first-order valence-electron chi connectivity index (χ1n) is 6.05. The second-order valence-electron chi connectivity index (χ2n) is 5.48. The van der Waals surface area contributed by atoms with Gasteiger partial charge in [0.2, 0.25) is 0 Å². The molecule has 1 aromatic heterocycles. The first-order chi connectivity index (χ1) is 7.98. The van der Waals surface area contributed by atoms with Gasteiger partial charge in [0.1, 0.15) is 0 Å². The average molecular weight is 269 g/mol. The van der Waals surface area contributed by atoms with Crippen molar-refractivity contribution in [2.24, 2.45) is 5.41 Å². The van der Waals surface area contributed by atoms with E-state index in [0.717, 1.165) is 35.7 Å². The fourth-order valence-corrected chi connectivity index (χ4v) is 3.34. The van der Waals surface area contributed by atoms with Crippen molar-refractivity contribution in [1.29, 1.82) is 0 Å². The van der Waals surface area contributed by atoms with E-state index in [4.69, 9.17) is 0 Å². The van der Waals surface area contributed by atoms with Gasteiger partial charge in [-0.05, 0) is 30.7 Å². The predicted octanol–water partition coefficient (Wildman–Crippen LogP) is 3.69. The second-order valence-corrected chi connectivity index (χ2v) is 6.91. The summed E-state index contributed by atoms with van der Waals surface area (Å²) in [6.45, 7) is 6.35. The molecule has 0 bridgehead atoms. The summed E-state index contributed by atoms with van der Waals surface area (Å²) in [4.78, 5) is 16.0. The smallest absolute Gasteiger partial charge is 0.263 e. The molecule has 1 aromatic rings. The second kappa shape index (κ2) is 5.02. The molecule has 0 saturated carbocycles. The maximum atomic E-state index is 12.3. The number of rotatable bonds is 1. The van der Waals surface area contributed by atoms with Gasteiger partial charge in [-0.1, -0.05) is 13.8 Å². The van der Waals surface area contributed by atoms with Crippen LogP contribution in [-0.4, -0.2) is 23.9 Å². The van der Waals surface area contributed by atoms with Crippen molar-refractivity contribution in [1.82, 2.24) is 4.90 Å². The summed E-state index contributed by atoms with van der Waals surface area (Å²) >= 11 is 5.74. The zero-order valence-corrected chi connectivity index (χ0v) is 12.1. The van der Waals surface area contributed by atoms with E-state index in [1.165, 1.54) is 17.8 Å². The topological polar surface area (TPSA) is 20.3 Å². The quantitative estimate of drug-likeness (QED) is 0.771. The molecule has 0 radical (unpaired) electrons. The van der Waals surface area contributed by atoms with Crippen molar-refractivity contribution in [2.75, 3.05) is 13.1 Å². The van der Waals surface area contributed by atoms with Gasteiger partial charge in [-0.15, -0.1) is 24.0 Å². The minimum Gasteiger partial charge on any atom is -0.338 e. The Bertz CT molecular complexity index is 411. The van der Waals surface area contributed by atoms with Crippen LogP contribution < -0.4 is 0 Å². The van der Waals surface area contributed by atoms with Crippen LogP contribution in [0.3, 0.4) is 0 Å². The molecule has 0 unspecified atom stereocenters. The Kier molecular flexibility index (Phi) is 3.83. The maximum absolute atomic E-state index is 12.3. The number of carbonyl (C=O) groups excluding carboxylic acids is 1. The Morgan fingerprint density at radius 3 is 2.82 bits per heavy atom. The minimum absolute atomic E-state index is 0.174. The van der Waals surface area contributed by atoms with E-state index in [-0.39, 0.29) is 5.91 Å². The van der Waals surface area contributed by atoms with Gasteiger partial charge in [-0.25, -0.2) is 0 Å². The van der Waals surface area contributed by atoms with Gasteiger partial charge in [0.15, 0.2) is 0 Å². The molecule has 0 aliphatic carbocycles. The van der Waals surface area contributed by atoms with Gasteiger partial charge in [0.25, 0.3) is 5.91 Å². The van der Waals surface area contributed by atoms with Crippen molar-refractivity contribution in [3.05, 3.63) is 16.3 Å². The summed E-state index contributed by atoms with van der Waals surface area (Å²) in [6.07, 6.45) is 3.41. The fraction of sp³-hybridized carbons (Fsp3) is 0.615. The van der Waals surface area contributed by atoms with E-state index in [9.17, 15) is 4.79 Å². The summed E-state index contributed by atoms with van der Waals surface area (Å²) in [5.41, 5.74) is 0.374. The third-order valence-electron chi connectivity index (χ3n) is 3.42. The van der Waals surface area contributed by atoms with Crippen LogP contribution in [-0.2, 0) is 0 Å². The molecule has 0 aromatic carbocycles. The van der Waals surface area contributed by atoms with Crippen LogP contribution in [0.25, 0.3) is 0 Å². The monoisotopic (exact) mass is 269 g/mol. The molecule has 0 spiro atoms. The third kappa shape index (κ3) is 3.26. The highest BCUT2D eigenvalue weighted by atomic mass is 32.1. The van der Waals surface area contributed by atoms with E-state index in [1.54, 1.807) is 0 Å². The molecule has 1 aliphatic rings. The Balaban J connectivity index is 2.05. The molecule has 17 heavy (non-hydrogen) atoms. The van der Waals surface area contributed by atoms with Crippen molar-refractivity contribution in [2.45, 2.75) is 38.0 Å². The largest absolute Gasteiger partial charge is 0.338 e. The highest BCUT2D eigenvalue weighted by Gasteiger charge is 2.26. The highest BCUT2D eigenvalue weighted by Crippen LogP contribution is 2.30. The Labute approximate surface area is 112 Å². The Hall–Kier alpha value is -0.480. The normalized spacial score (nSPS) is 20.1. The van der Waals surface area contributed by atoms with Gasteiger partial charge in [-0.3, -0.25) is 4.79 Å². The van der Waals surface area contributed by atoms with Crippen molar-refractivity contribution >= 4 is 29.9 Å². The number of carbonyl (C=O) groups is 1. The minimum atomic E-state index is 0.174. The van der Waals surface area contributed by atoms with Crippen LogP contribution >= 0.6 is 24.0 Å². The fourth-order valence-electron chi connectivity index (χ4n) is 2.22. The molecule has 2 rings (SSSR count). The Morgan fingerprint density at radius 1 is 1.41 bits per heavy atom. The van der Waals surface area contributed by atoms with Gasteiger partial charge >= 0.3 is 0 Å². The lowest BCUT2D eigenvalue weighted by Crippen LogP contribution is -2.31. The SMILES string of the molecule is CC1(C)CCCN(C(=O)c2cc(S)cs2)CC1. The van der Waals surface area contributed by atoms with Crippen molar-refractivity contribution in [3.63, 3.8) is 0 Å². The molecule has 1 fully saturated rings. The highest BCUT2D eigenvalue weighted by molar-refractivity contribution is 7.80. The van der Waals surface area contributed by atoms with Crippen LogP contribution in [0.15, 0.2) is 16.3 Å². The number of amides is 1. The number of thiol groups is 1. The number of thiophene rings is 1. The van der Waals surface area contributed by atoms with E-state index in [1.807, 2.05) is 16.3 Å². The number of hydrogen-bond acceptors (Lipinski definition) is 3. The summed E-state index contributed by atoms with van der Waals surface area (Å²) in [6, 6.07) is 1.87. The molecule has 1 saturated heterocycles. The molecule has 1 aliphatic heterocycles. The zero-order valence-electron chi connectivity index (χ0n) is 10.4. The lowest BCUT2D eigenvalue weighted by atomic mass is 9.85. The maximum Gasteiger partial charge on any atom is 0.263 e.